The van der Waals surface area contributed by atoms with Crippen LogP contribution in [0.2, 0.25) is 0 Å². The van der Waals surface area contributed by atoms with Crippen LogP contribution in [0.4, 0.5) is 4.39 Å². The Balaban J connectivity index is 1.59. The lowest BCUT2D eigenvalue weighted by atomic mass is 10.1. The molecule has 10 heteroatoms. The second-order valence-electron chi connectivity index (χ2n) is 8.68. The summed E-state index contributed by atoms with van der Waals surface area (Å²) in [6, 6.07) is 14.2. The van der Waals surface area contributed by atoms with Gasteiger partial charge in [-0.05, 0) is 55.3 Å². The smallest absolute Gasteiger partial charge is 0.272 e. The van der Waals surface area contributed by atoms with Crippen LogP contribution in [-0.2, 0) is 11.3 Å². The Kier molecular flexibility index (Phi) is 8.86. The van der Waals surface area contributed by atoms with E-state index >= 15 is 0 Å². The number of nitrogens with one attached hydrogen (secondary N) is 2. The monoisotopic (exact) mass is 520 g/mol. The largest absolute Gasteiger partial charge is 0.493 e. The second-order valence-corrected chi connectivity index (χ2v) is 8.68. The van der Waals surface area contributed by atoms with Crippen molar-refractivity contribution < 1.29 is 28.2 Å². The minimum absolute atomic E-state index is 0.0831. The van der Waals surface area contributed by atoms with Gasteiger partial charge in [0.1, 0.15) is 17.3 Å². The third kappa shape index (κ3) is 6.64. The quantitative estimate of drug-likeness (QED) is 0.533. The molecule has 9 nitrogen and oxygen atoms in total. The topological polar surface area (TPSA) is 110 Å². The fourth-order valence-electron chi connectivity index (χ4n) is 4.06. The summed E-state index contributed by atoms with van der Waals surface area (Å²) in [5.41, 5.74) is 0.841. The molecule has 0 spiro atoms. The summed E-state index contributed by atoms with van der Waals surface area (Å²) in [5, 5.41) is 5.59. The van der Waals surface area contributed by atoms with Crippen molar-refractivity contribution in [3.8, 4) is 17.2 Å². The van der Waals surface area contributed by atoms with E-state index in [1.54, 1.807) is 47.5 Å². The first-order valence-corrected chi connectivity index (χ1v) is 12.3. The van der Waals surface area contributed by atoms with Crippen LogP contribution in [0, 0.1) is 5.82 Å². The van der Waals surface area contributed by atoms with Crippen LogP contribution >= 0.6 is 0 Å². The summed E-state index contributed by atoms with van der Waals surface area (Å²) >= 11 is 0. The molecule has 0 radical (unpaired) electrons. The Morgan fingerprint density at radius 1 is 1.03 bits per heavy atom. The van der Waals surface area contributed by atoms with Crippen LogP contribution in [0.1, 0.15) is 45.7 Å². The van der Waals surface area contributed by atoms with E-state index in [2.05, 4.69) is 15.6 Å². The number of carbonyl (C=O) groups is 3. The average molecular weight is 521 g/mol. The number of fused-ring (bicyclic) bond motifs is 13. The molecule has 5 rings (SSSR count). The van der Waals surface area contributed by atoms with E-state index in [0.717, 1.165) is 0 Å². The minimum Gasteiger partial charge on any atom is -0.493 e. The molecule has 0 unspecified atom stereocenters. The molecule has 0 saturated carbocycles. The normalized spacial score (nSPS) is 15.2. The predicted octanol–water partition coefficient (Wildman–Crippen LogP) is 3.69. The first-order chi connectivity index (χ1) is 18.5. The molecule has 2 aliphatic rings. The summed E-state index contributed by atoms with van der Waals surface area (Å²) in [6.07, 6.45) is 2.59. The summed E-state index contributed by atoms with van der Waals surface area (Å²) in [7, 11) is 1.44. The molecular formula is C28H29FN4O5. The van der Waals surface area contributed by atoms with Gasteiger partial charge in [-0.25, -0.2) is 4.39 Å². The standard InChI is InChI=1S/C28H29FN4O5/c1-37-25-17-19-11-12-24(25)38-23-9-4-7-21(29)20(23)18-32-26(34)10-5-15-33(16-6-14-31-27(19)35)28(36)22-8-2-3-13-30-22/h2-4,7-9,11-13,17H,5-6,10,14-16,18H2,1H3,(H,31,35)(H,32,34). The molecule has 0 atom stereocenters. The van der Waals surface area contributed by atoms with Gasteiger partial charge in [0.2, 0.25) is 5.91 Å². The molecule has 2 bridgehead atoms. The van der Waals surface area contributed by atoms with Crippen molar-refractivity contribution in [3.63, 3.8) is 0 Å². The van der Waals surface area contributed by atoms with Gasteiger partial charge in [-0.2, -0.15) is 0 Å². The van der Waals surface area contributed by atoms with E-state index in [-0.39, 0.29) is 42.0 Å². The molecule has 2 aromatic carbocycles. The first kappa shape index (κ1) is 26.6. The zero-order valence-electron chi connectivity index (χ0n) is 21.0. The SMILES string of the molecule is COc1cc2ccc1Oc1cccc(F)c1CNC(=O)CCCN(C(=O)c1ccccn1)CCCNC2=O. The van der Waals surface area contributed by atoms with Crippen LogP contribution < -0.4 is 20.1 Å². The highest BCUT2D eigenvalue weighted by molar-refractivity contribution is 5.95. The van der Waals surface area contributed by atoms with Gasteiger partial charge in [0.05, 0.1) is 7.11 Å². The molecule has 38 heavy (non-hydrogen) atoms. The lowest BCUT2D eigenvalue weighted by Crippen LogP contribution is -2.36. The number of pyridine rings is 1. The number of nitrogens with zero attached hydrogens (tertiary/aromatic N) is 2. The number of carbonyl (C=O) groups excluding carboxylic acids is 3. The fraction of sp³-hybridized carbons (Fsp3) is 0.286. The van der Waals surface area contributed by atoms with Gasteiger partial charge in [0, 0.05) is 49.9 Å². The highest BCUT2D eigenvalue weighted by Gasteiger charge is 2.19. The number of halogens is 1. The van der Waals surface area contributed by atoms with Crippen LogP contribution in [0.5, 0.6) is 17.2 Å². The van der Waals surface area contributed by atoms with Gasteiger partial charge < -0.3 is 25.0 Å². The highest BCUT2D eigenvalue weighted by atomic mass is 19.1. The zero-order valence-corrected chi connectivity index (χ0v) is 21.0. The molecule has 2 aliphatic heterocycles. The van der Waals surface area contributed by atoms with Gasteiger partial charge >= 0.3 is 0 Å². The van der Waals surface area contributed by atoms with E-state index in [1.807, 2.05) is 0 Å². The number of rotatable bonds is 2. The van der Waals surface area contributed by atoms with E-state index in [0.29, 0.717) is 55.2 Å². The Bertz CT molecular complexity index is 1300. The Labute approximate surface area is 220 Å². The van der Waals surface area contributed by atoms with Crippen molar-refractivity contribution in [3.05, 3.63) is 83.4 Å². The van der Waals surface area contributed by atoms with Crippen molar-refractivity contribution >= 4 is 17.7 Å². The fourth-order valence-corrected chi connectivity index (χ4v) is 4.06. The summed E-state index contributed by atoms with van der Waals surface area (Å²) < 4.78 is 26.0. The molecule has 0 fully saturated rings. The van der Waals surface area contributed by atoms with Gasteiger partial charge in [-0.3, -0.25) is 19.4 Å². The molecule has 0 saturated heterocycles. The van der Waals surface area contributed by atoms with Gasteiger partial charge in [0.25, 0.3) is 11.8 Å². The third-order valence-electron chi connectivity index (χ3n) is 6.08. The van der Waals surface area contributed by atoms with E-state index in [9.17, 15) is 18.8 Å². The van der Waals surface area contributed by atoms with Crippen LogP contribution in [0.25, 0.3) is 0 Å². The van der Waals surface area contributed by atoms with Crippen molar-refractivity contribution in [2.24, 2.45) is 0 Å². The third-order valence-corrected chi connectivity index (χ3v) is 6.08. The Morgan fingerprint density at radius 2 is 1.87 bits per heavy atom. The van der Waals surface area contributed by atoms with Gasteiger partial charge in [-0.1, -0.05) is 12.1 Å². The molecule has 3 aromatic rings. The van der Waals surface area contributed by atoms with Crippen molar-refractivity contribution in [1.82, 2.24) is 20.5 Å². The maximum atomic E-state index is 14.7. The van der Waals surface area contributed by atoms with Gasteiger partial charge in [0.15, 0.2) is 11.5 Å². The lowest BCUT2D eigenvalue weighted by Gasteiger charge is -2.22. The molecule has 1 aromatic heterocycles. The number of aromatic nitrogens is 1. The molecule has 2 N–H and O–H groups in total. The summed E-state index contributed by atoms with van der Waals surface area (Å²) in [5.74, 6) is -0.572. The van der Waals surface area contributed by atoms with Crippen LogP contribution in [0.15, 0.2) is 60.8 Å². The predicted molar refractivity (Wildman–Crippen MR) is 138 cm³/mol. The Morgan fingerprint density at radius 3 is 2.66 bits per heavy atom. The zero-order chi connectivity index (χ0) is 26.9. The van der Waals surface area contributed by atoms with Crippen molar-refractivity contribution in [2.75, 3.05) is 26.7 Å². The van der Waals surface area contributed by atoms with Crippen LogP contribution in [-0.4, -0.2) is 54.3 Å². The molecule has 3 heterocycles. The van der Waals surface area contributed by atoms with Crippen molar-refractivity contribution in [2.45, 2.75) is 25.8 Å². The number of ether oxygens (including phenoxy) is 2. The Hall–Kier alpha value is -4.47. The van der Waals surface area contributed by atoms with E-state index < -0.39 is 5.82 Å². The average Bonchev–Trinajstić information content (AvgIpc) is 2.93. The number of hydrogen-bond acceptors (Lipinski definition) is 6. The molecular weight excluding hydrogens is 491 g/mol. The summed E-state index contributed by atoms with van der Waals surface area (Å²) in [4.78, 5) is 44.1. The van der Waals surface area contributed by atoms with E-state index in [1.165, 1.54) is 25.3 Å². The first-order valence-electron chi connectivity index (χ1n) is 12.3. The molecule has 0 aliphatic carbocycles. The van der Waals surface area contributed by atoms with Crippen LogP contribution in [0.3, 0.4) is 0 Å². The number of amides is 3. The minimum atomic E-state index is -0.532. The van der Waals surface area contributed by atoms with E-state index in [4.69, 9.17) is 9.47 Å². The number of benzene rings is 2. The maximum Gasteiger partial charge on any atom is 0.272 e. The van der Waals surface area contributed by atoms with Gasteiger partial charge in [-0.15, -0.1) is 0 Å². The second kappa shape index (κ2) is 12.7. The maximum absolute atomic E-state index is 14.7. The molecule has 3 amide bonds. The summed E-state index contributed by atoms with van der Waals surface area (Å²) in [6.45, 7) is 0.938. The highest BCUT2D eigenvalue weighted by Crippen LogP contribution is 2.34. The lowest BCUT2D eigenvalue weighted by molar-refractivity contribution is -0.121. The molecule has 198 valence electrons. The number of methoxy groups -OCH3 is 1. The number of hydrogen-bond donors (Lipinski definition) is 2. The van der Waals surface area contributed by atoms with Crippen molar-refractivity contribution in [1.29, 1.82) is 0 Å².